The molecule has 9 heteroatoms. The number of hydrogen-bond acceptors (Lipinski definition) is 2. The molecule has 0 bridgehead atoms. The van der Waals surface area contributed by atoms with Crippen molar-refractivity contribution in [2.75, 3.05) is 0 Å². The highest BCUT2D eigenvalue weighted by Crippen LogP contribution is 2.35. The Labute approximate surface area is 183 Å². The number of aryl methyl sites for hydroxylation is 1. The van der Waals surface area contributed by atoms with Crippen molar-refractivity contribution >= 4 is 22.1 Å². The number of benzene rings is 2. The van der Waals surface area contributed by atoms with Gasteiger partial charge in [-0.25, -0.2) is 18.3 Å². The van der Waals surface area contributed by atoms with Gasteiger partial charge in [0.25, 0.3) is 5.56 Å². The normalized spacial score (nSPS) is 16.8. The molecule has 1 N–H and O–H groups in total. The number of nitrogens with zero attached hydrogens (tertiary/aromatic N) is 2. The molecule has 0 saturated heterocycles. The van der Waals surface area contributed by atoms with Crippen molar-refractivity contribution in [1.82, 2.24) is 14.6 Å². The molecule has 0 spiro atoms. The number of nitrogens with one attached hydrogen (secondary N) is 1. The van der Waals surface area contributed by atoms with Crippen LogP contribution >= 0.6 is 0 Å². The highest BCUT2D eigenvalue weighted by Gasteiger charge is 2.30. The summed E-state index contributed by atoms with van der Waals surface area (Å²) in [7, 11) is 0. The van der Waals surface area contributed by atoms with Crippen molar-refractivity contribution in [3.8, 4) is 11.1 Å². The minimum atomic E-state index is -4.44. The Morgan fingerprint density at radius 2 is 1.76 bits per heavy atom. The molecular weight excluding hydrogens is 441 g/mol. The van der Waals surface area contributed by atoms with Crippen molar-refractivity contribution < 1.29 is 22.0 Å². The van der Waals surface area contributed by atoms with Crippen LogP contribution in [0.4, 0.5) is 22.0 Å². The smallest absolute Gasteiger partial charge is 0.293 e. The third-order valence-electron chi connectivity index (χ3n) is 5.74. The van der Waals surface area contributed by atoms with Gasteiger partial charge in [-0.05, 0) is 54.0 Å². The van der Waals surface area contributed by atoms with Gasteiger partial charge in [-0.1, -0.05) is 24.3 Å². The summed E-state index contributed by atoms with van der Waals surface area (Å²) in [5, 5.41) is 3.18. The van der Waals surface area contributed by atoms with E-state index in [1.165, 1.54) is 28.8 Å². The average molecular weight is 457 g/mol. The second-order valence-corrected chi connectivity index (χ2v) is 7.90. The monoisotopic (exact) mass is 457 g/mol. The van der Waals surface area contributed by atoms with E-state index in [-0.39, 0.29) is 16.6 Å². The molecule has 0 amide bonds. The molecule has 4 aromatic rings. The predicted octanol–water partition coefficient (Wildman–Crippen LogP) is 6.15. The van der Waals surface area contributed by atoms with E-state index in [2.05, 4.69) is 10.1 Å². The van der Waals surface area contributed by atoms with Crippen molar-refractivity contribution in [2.45, 2.75) is 25.7 Å². The van der Waals surface area contributed by atoms with E-state index in [0.29, 0.717) is 27.9 Å². The van der Waals surface area contributed by atoms with E-state index in [4.69, 9.17) is 0 Å². The third kappa shape index (κ3) is 3.53. The molecule has 0 saturated carbocycles. The minimum Gasteiger partial charge on any atom is -0.293 e. The van der Waals surface area contributed by atoms with Crippen LogP contribution in [0.5, 0.6) is 0 Å². The van der Waals surface area contributed by atoms with Gasteiger partial charge in [-0.2, -0.15) is 13.2 Å². The molecule has 168 valence electrons. The Bertz CT molecular complexity index is 1520. The first kappa shape index (κ1) is 21.1. The molecule has 0 fully saturated rings. The molecule has 2 aromatic heterocycles. The molecule has 33 heavy (non-hydrogen) atoms. The van der Waals surface area contributed by atoms with Gasteiger partial charge in [0, 0.05) is 17.7 Å². The van der Waals surface area contributed by atoms with Gasteiger partial charge in [-0.3, -0.25) is 9.89 Å². The largest absolute Gasteiger partial charge is 0.416 e. The van der Waals surface area contributed by atoms with Crippen molar-refractivity contribution in [3.05, 3.63) is 87.6 Å². The van der Waals surface area contributed by atoms with Crippen LogP contribution in [0.15, 0.2) is 65.2 Å². The lowest BCUT2D eigenvalue weighted by Gasteiger charge is -2.15. The lowest BCUT2D eigenvalue weighted by Crippen LogP contribution is -2.16. The van der Waals surface area contributed by atoms with Crippen LogP contribution in [0, 0.1) is 6.92 Å². The van der Waals surface area contributed by atoms with Crippen molar-refractivity contribution in [1.29, 1.82) is 0 Å². The molecule has 0 radical (unpaired) electrons. The summed E-state index contributed by atoms with van der Waals surface area (Å²) >= 11 is 0. The van der Waals surface area contributed by atoms with Gasteiger partial charge >= 0.3 is 6.18 Å². The zero-order valence-electron chi connectivity index (χ0n) is 17.2. The number of fused-ring (bicyclic) bond motifs is 2. The maximum atomic E-state index is 14.6. The number of hydrogen-bond donors (Lipinski definition) is 1. The number of allylic oxidation sites excluding steroid dienone is 4. The number of rotatable bonds is 2. The van der Waals surface area contributed by atoms with E-state index < -0.39 is 35.7 Å². The Hall–Kier alpha value is -3.75. The van der Waals surface area contributed by atoms with Crippen LogP contribution in [0.2, 0.25) is 0 Å². The number of halogens is 5. The van der Waals surface area contributed by atoms with Crippen LogP contribution < -0.4 is 5.56 Å². The fourth-order valence-electron chi connectivity index (χ4n) is 4.10. The van der Waals surface area contributed by atoms with E-state index in [1.807, 2.05) is 0 Å². The molecule has 1 aliphatic carbocycles. The lowest BCUT2D eigenvalue weighted by atomic mass is 9.95. The molecule has 4 nitrogen and oxygen atoms in total. The first-order valence-corrected chi connectivity index (χ1v) is 10.1. The standard InChI is InChI=1S/C24H16F5N3O/c1-12-21(17-9-7-16(25)11-19(17)26)22-30-20-10-14(4-8-18(20)23(33)32(22)31-12)13-2-5-15(6-3-13)24(27,28)29/h2-10,19,31H,11H2,1H3. The highest BCUT2D eigenvalue weighted by atomic mass is 19.4. The molecule has 1 atom stereocenters. The Kier molecular flexibility index (Phi) is 4.73. The molecule has 2 heterocycles. The van der Waals surface area contributed by atoms with E-state index in [9.17, 15) is 26.7 Å². The van der Waals surface area contributed by atoms with Gasteiger partial charge in [0.1, 0.15) is 12.0 Å². The van der Waals surface area contributed by atoms with Gasteiger partial charge in [0.2, 0.25) is 0 Å². The molecular formula is C24H16F5N3O. The van der Waals surface area contributed by atoms with Gasteiger partial charge < -0.3 is 0 Å². The second-order valence-electron chi connectivity index (χ2n) is 7.90. The Morgan fingerprint density at radius 1 is 1.06 bits per heavy atom. The molecule has 5 rings (SSSR count). The van der Waals surface area contributed by atoms with Gasteiger partial charge in [0.15, 0.2) is 5.65 Å². The maximum Gasteiger partial charge on any atom is 0.416 e. The van der Waals surface area contributed by atoms with Gasteiger partial charge in [-0.15, -0.1) is 0 Å². The van der Waals surface area contributed by atoms with Crippen LogP contribution in [0.3, 0.4) is 0 Å². The van der Waals surface area contributed by atoms with Crippen LogP contribution in [-0.4, -0.2) is 20.8 Å². The fraction of sp³-hybridized carbons (Fsp3) is 0.167. The number of aromatic amines is 1. The molecule has 0 aliphatic heterocycles. The highest BCUT2D eigenvalue weighted by molar-refractivity contribution is 5.88. The van der Waals surface area contributed by atoms with Gasteiger partial charge in [0.05, 0.1) is 16.5 Å². The predicted molar refractivity (Wildman–Crippen MR) is 115 cm³/mol. The zero-order valence-corrected chi connectivity index (χ0v) is 17.2. The summed E-state index contributed by atoms with van der Waals surface area (Å²) < 4.78 is 67.9. The number of alkyl halides is 4. The van der Waals surface area contributed by atoms with Crippen LogP contribution in [0.1, 0.15) is 23.2 Å². The number of aromatic nitrogens is 3. The second kappa shape index (κ2) is 7.40. The van der Waals surface area contributed by atoms with E-state index >= 15 is 0 Å². The lowest BCUT2D eigenvalue weighted by molar-refractivity contribution is -0.137. The van der Waals surface area contributed by atoms with Crippen molar-refractivity contribution in [2.24, 2.45) is 0 Å². The summed E-state index contributed by atoms with van der Waals surface area (Å²) in [4.78, 5) is 17.6. The molecule has 1 aliphatic rings. The summed E-state index contributed by atoms with van der Waals surface area (Å²) in [6, 6.07) is 9.46. The fourth-order valence-corrected chi connectivity index (χ4v) is 4.10. The Morgan fingerprint density at radius 3 is 2.42 bits per heavy atom. The van der Waals surface area contributed by atoms with Crippen molar-refractivity contribution in [3.63, 3.8) is 0 Å². The quantitative estimate of drug-likeness (QED) is 0.367. The molecule has 2 aromatic carbocycles. The summed E-state index contributed by atoms with van der Waals surface area (Å²) in [6.07, 6.45) is -3.88. The summed E-state index contributed by atoms with van der Waals surface area (Å²) in [5.41, 5.74) is 1.54. The topological polar surface area (TPSA) is 50.2 Å². The van der Waals surface area contributed by atoms with E-state index in [0.717, 1.165) is 12.1 Å². The third-order valence-corrected chi connectivity index (χ3v) is 5.74. The van der Waals surface area contributed by atoms with Crippen LogP contribution in [-0.2, 0) is 6.18 Å². The maximum absolute atomic E-state index is 14.6. The average Bonchev–Trinajstić information content (AvgIpc) is 3.09. The van der Waals surface area contributed by atoms with Crippen LogP contribution in [0.25, 0.3) is 33.3 Å². The zero-order chi connectivity index (χ0) is 23.5. The minimum absolute atomic E-state index is 0.194. The Balaban J connectivity index is 1.68. The molecule has 1 unspecified atom stereocenters. The first-order chi connectivity index (χ1) is 15.6. The first-order valence-electron chi connectivity index (χ1n) is 10.1. The SMILES string of the molecule is Cc1[nH]n2c(=O)c3ccc(-c4ccc(C(F)(F)F)cc4)cc3nc2c1C1=CC=C(F)CC1F. The number of H-pyrrole nitrogens is 1. The van der Waals surface area contributed by atoms with E-state index in [1.54, 1.807) is 25.1 Å². The summed E-state index contributed by atoms with van der Waals surface area (Å²) in [5.74, 6) is -0.569. The summed E-state index contributed by atoms with van der Waals surface area (Å²) in [6.45, 7) is 1.67.